The molecule has 0 bridgehead atoms. The van der Waals surface area contributed by atoms with Crippen molar-refractivity contribution in [2.75, 3.05) is 28.2 Å². The van der Waals surface area contributed by atoms with E-state index in [-0.39, 0.29) is 0 Å². The smallest absolute Gasteiger partial charge is 0.102 e. The zero-order valence-electron chi connectivity index (χ0n) is 7.94. The van der Waals surface area contributed by atoms with Crippen LogP contribution in [0.2, 0.25) is 0 Å². The summed E-state index contributed by atoms with van der Waals surface area (Å²) in [5.74, 6) is 0. The van der Waals surface area contributed by atoms with Gasteiger partial charge in [0.05, 0.1) is 11.8 Å². The molecule has 0 radical (unpaired) electrons. The lowest BCUT2D eigenvalue weighted by atomic mass is 10.3. The molecule has 0 aromatic carbocycles. The Hall–Kier alpha value is -1.50. The lowest BCUT2D eigenvalue weighted by Gasteiger charge is -2.04. The molecular formula is C8H14N4. The third kappa shape index (κ3) is 5.30. The summed E-state index contributed by atoms with van der Waals surface area (Å²) >= 11 is 0. The fourth-order valence-corrected chi connectivity index (χ4v) is 0.547. The van der Waals surface area contributed by atoms with Crippen LogP contribution in [0.1, 0.15) is 0 Å². The predicted molar refractivity (Wildman–Crippen MR) is 49.6 cm³/mol. The van der Waals surface area contributed by atoms with Crippen LogP contribution in [0.5, 0.6) is 0 Å². The largest absolute Gasteiger partial charge is 0.382 e. The Morgan fingerprint density at radius 1 is 1.33 bits per heavy atom. The molecule has 0 atom stereocenters. The van der Waals surface area contributed by atoms with Gasteiger partial charge < -0.3 is 9.91 Å². The maximum atomic E-state index is 8.63. The number of nitriles is 1. The van der Waals surface area contributed by atoms with Crippen molar-refractivity contribution in [1.82, 2.24) is 9.91 Å². The van der Waals surface area contributed by atoms with Gasteiger partial charge in [-0.2, -0.15) is 10.4 Å². The number of hydrazone groups is 1. The minimum atomic E-state index is 0.536. The Bertz CT molecular complexity index is 220. The first-order valence-corrected chi connectivity index (χ1v) is 3.56. The van der Waals surface area contributed by atoms with Crippen LogP contribution in [0, 0.1) is 11.3 Å². The molecule has 4 heteroatoms. The first-order chi connectivity index (χ1) is 5.56. The number of hydrogen-bond acceptors (Lipinski definition) is 4. The molecule has 0 rings (SSSR count). The highest BCUT2D eigenvalue weighted by Crippen LogP contribution is 1.90. The zero-order chi connectivity index (χ0) is 9.56. The standard InChI is InChI=1S/C8H14N4/c1-11(2)7-8(5-9)6-10-12(3)4/h6-7H,1-4H3. The zero-order valence-corrected chi connectivity index (χ0v) is 7.94. The second kappa shape index (κ2) is 5.19. The molecule has 66 valence electrons. The monoisotopic (exact) mass is 166 g/mol. The van der Waals surface area contributed by atoms with E-state index in [9.17, 15) is 0 Å². The van der Waals surface area contributed by atoms with Crippen molar-refractivity contribution in [2.24, 2.45) is 5.10 Å². The van der Waals surface area contributed by atoms with Crippen LogP contribution >= 0.6 is 0 Å². The molecule has 0 heterocycles. The topological polar surface area (TPSA) is 42.6 Å². The van der Waals surface area contributed by atoms with Gasteiger partial charge in [0.15, 0.2) is 0 Å². The Morgan fingerprint density at radius 2 is 1.92 bits per heavy atom. The third-order valence-corrected chi connectivity index (χ3v) is 0.954. The van der Waals surface area contributed by atoms with Crippen LogP contribution in [-0.2, 0) is 0 Å². The maximum Gasteiger partial charge on any atom is 0.102 e. The molecule has 4 nitrogen and oxygen atoms in total. The molecule has 0 aromatic heterocycles. The molecule has 0 spiro atoms. The predicted octanol–water partition coefficient (Wildman–Crippen LogP) is 0.503. The number of nitrogens with zero attached hydrogens (tertiary/aromatic N) is 4. The molecule has 0 N–H and O–H groups in total. The first kappa shape index (κ1) is 10.5. The van der Waals surface area contributed by atoms with E-state index in [1.807, 2.05) is 20.2 Å². The molecule has 0 aliphatic rings. The molecule has 0 unspecified atom stereocenters. The lowest BCUT2D eigenvalue weighted by Crippen LogP contribution is -2.05. The maximum absolute atomic E-state index is 8.63. The Balaban J connectivity index is 4.30. The van der Waals surface area contributed by atoms with E-state index in [4.69, 9.17) is 5.26 Å². The van der Waals surface area contributed by atoms with Gasteiger partial charge >= 0.3 is 0 Å². The molecule has 0 aromatic rings. The highest BCUT2D eigenvalue weighted by Gasteiger charge is 1.90. The Morgan fingerprint density at radius 3 is 2.25 bits per heavy atom. The van der Waals surface area contributed by atoms with Gasteiger partial charge in [0, 0.05) is 34.4 Å². The number of hydrogen-bond donors (Lipinski definition) is 0. The lowest BCUT2D eigenvalue weighted by molar-refractivity contribution is 0.440. The summed E-state index contributed by atoms with van der Waals surface area (Å²) in [5, 5.41) is 14.2. The molecular weight excluding hydrogens is 152 g/mol. The summed E-state index contributed by atoms with van der Waals surface area (Å²) < 4.78 is 0. The average Bonchev–Trinajstić information content (AvgIpc) is 1.97. The summed E-state index contributed by atoms with van der Waals surface area (Å²) in [7, 11) is 7.34. The summed E-state index contributed by atoms with van der Waals surface area (Å²) in [6.07, 6.45) is 3.24. The molecule has 0 saturated carbocycles. The van der Waals surface area contributed by atoms with Gasteiger partial charge in [-0.3, -0.25) is 0 Å². The van der Waals surface area contributed by atoms with Crippen molar-refractivity contribution in [3.63, 3.8) is 0 Å². The van der Waals surface area contributed by atoms with Gasteiger partial charge in [-0.15, -0.1) is 0 Å². The van der Waals surface area contributed by atoms with Gasteiger partial charge in [-0.25, -0.2) is 0 Å². The highest BCUT2D eigenvalue weighted by molar-refractivity contribution is 5.83. The van der Waals surface area contributed by atoms with Gasteiger partial charge in [0.25, 0.3) is 0 Å². The molecule has 12 heavy (non-hydrogen) atoms. The minimum Gasteiger partial charge on any atom is -0.382 e. The molecule has 0 fully saturated rings. The summed E-state index contributed by atoms with van der Waals surface area (Å²) in [4.78, 5) is 1.81. The van der Waals surface area contributed by atoms with E-state index in [1.54, 1.807) is 30.2 Å². The van der Waals surface area contributed by atoms with Crippen LogP contribution in [0.3, 0.4) is 0 Å². The van der Waals surface area contributed by atoms with Crippen LogP contribution in [-0.4, -0.2) is 44.3 Å². The van der Waals surface area contributed by atoms with Crippen molar-refractivity contribution in [1.29, 1.82) is 5.26 Å². The van der Waals surface area contributed by atoms with E-state index in [0.29, 0.717) is 5.57 Å². The first-order valence-electron chi connectivity index (χ1n) is 3.56. The summed E-state index contributed by atoms with van der Waals surface area (Å²) in [5.41, 5.74) is 0.536. The average molecular weight is 166 g/mol. The fraction of sp³-hybridized carbons (Fsp3) is 0.500. The normalized spacial score (nSPS) is 11.4. The van der Waals surface area contributed by atoms with Crippen LogP contribution in [0.15, 0.2) is 16.9 Å². The molecule has 0 aliphatic heterocycles. The Labute approximate surface area is 73.4 Å². The third-order valence-electron chi connectivity index (χ3n) is 0.954. The molecule has 0 saturated heterocycles. The highest BCUT2D eigenvalue weighted by atomic mass is 15.4. The second-order valence-electron chi connectivity index (χ2n) is 2.75. The van der Waals surface area contributed by atoms with Gasteiger partial charge in [-0.05, 0) is 0 Å². The number of rotatable bonds is 3. The van der Waals surface area contributed by atoms with E-state index < -0.39 is 0 Å². The van der Waals surface area contributed by atoms with Crippen molar-refractivity contribution in [3.8, 4) is 6.07 Å². The minimum absolute atomic E-state index is 0.536. The number of allylic oxidation sites excluding steroid dienone is 1. The van der Waals surface area contributed by atoms with Gasteiger partial charge in [0.2, 0.25) is 0 Å². The van der Waals surface area contributed by atoms with E-state index in [2.05, 4.69) is 5.10 Å². The molecule has 0 amide bonds. The fourth-order valence-electron chi connectivity index (χ4n) is 0.547. The van der Waals surface area contributed by atoms with Crippen molar-refractivity contribution < 1.29 is 0 Å². The van der Waals surface area contributed by atoms with E-state index >= 15 is 0 Å². The molecule has 0 aliphatic carbocycles. The Kier molecular flexibility index (Phi) is 4.54. The van der Waals surface area contributed by atoms with Crippen molar-refractivity contribution >= 4 is 6.21 Å². The van der Waals surface area contributed by atoms with Crippen molar-refractivity contribution in [3.05, 3.63) is 11.8 Å². The van der Waals surface area contributed by atoms with Crippen LogP contribution in [0.4, 0.5) is 0 Å². The summed E-state index contributed by atoms with van der Waals surface area (Å²) in [6.45, 7) is 0. The quantitative estimate of drug-likeness (QED) is 0.348. The summed E-state index contributed by atoms with van der Waals surface area (Å²) in [6, 6.07) is 2.03. The van der Waals surface area contributed by atoms with Crippen LogP contribution < -0.4 is 0 Å². The second-order valence-corrected chi connectivity index (χ2v) is 2.75. The van der Waals surface area contributed by atoms with Crippen molar-refractivity contribution in [2.45, 2.75) is 0 Å². The van der Waals surface area contributed by atoms with Gasteiger partial charge in [0.1, 0.15) is 6.07 Å². The van der Waals surface area contributed by atoms with E-state index in [1.165, 1.54) is 6.21 Å². The van der Waals surface area contributed by atoms with Gasteiger partial charge in [-0.1, -0.05) is 0 Å². The van der Waals surface area contributed by atoms with Crippen LogP contribution in [0.25, 0.3) is 0 Å². The SMILES string of the molecule is CN(C)C=C(C#N)C=NN(C)C. The van der Waals surface area contributed by atoms with E-state index in [0.717, 1.165) is 0 Å².